The number of Topliss-reactive ketones (excluding diaryl/α,β-unsaturated/α-hetero) is 1. The van der Waals surface area contributed by atoms with Gasteiger partial charge in [0.05, 0.1) is 35.7 Å². The Balaban J connectivity index is 2.49. The Labute approximate surface area is 182 Å². The number of allylic oxidation sites excluding steroid dienone is 2. The highest BCUT2D eigenvalue weighted by molar-refractivity contribution is 6.53. The van der Waals surface area contributed by atoms with Crippen LogP contribution >= 0.6 is 34.8 Å². The van der Waals surface area contributed by atoms with Gasteiger partial charge >= 0.3 is 11.9 Å². The highest BCUT2D eigenvalue weighted by Crippen LogP contribution is 2.41. The molecule has 1 aromatic carbocycles. The average molecular weight is 464 g/mol. The lowest BCUT2D eigenvalue weighted by atomic mass is 9.86. The first-order valence-electron chi connectivity index (χ1n) is 8.13. The molecule has 0 saturated carbocycles. The predicted molar refractivity (Wildman–Crippen MR) is 107 cm³/mol. The number of hydrogen-bond donors (Lipinski definition) is 0. The van der Waals surface area contributed by atoms with Gasteiger partial charge in [-0.3, -0.25) is 9.59 Å². The Bertz CT molecular complexity index is 884. The lowest BCUT2D eigenvalue weighted by Gasteiger charge is -2.30. The van der Waals surface area contributed by atoms with Gasteiger partial charge in [-0.15, -0.1) is 0 Å². The molecule has 1 atom stereocenters. The van der Waals surface area contributed by atoms with Gasteiger partial charge in [0, 0.05) is 18.2 Å². The maximum Gasteiger partial charge on any atom is 0.343 e. The number of ketones is 1. The largest absolute Gasteiger partial charge is 0.482 e. The van der Waals surface area contributed by atoms with Crippen molar-refractivity contribution in [3.05, 3.63) is 44.9 Å². The van der Waals surface area contributed by atoms with Crippen molar-refractivity contribution in [3.8, 4) is 5.75 Å². The summed E-state index contributed by atoms with van der Waals surface area (Å²) in [7, 11) is 3.82. The fourth-order valence-corrected chi connectivity index (χ4v) is 3.58. The van der Waals surface area contributed by atoms with E-state index < -0.39 is 23.3 Å². The molecular weight excluding hydrogens is 447 g/mol. The molecule has 2 rings (SSSR count). The average Bonchev–Trinajstić information content (AvgIpc) is 2.68. The SMILES string of the molecule is COC(=O)COc1cc(Cl)c(C2=CC(CC(=O)OC)(OC)C=C(Cl)C2=O)c(Cl)c1. The van der Waals surface area contributed by atoms with Gasteiger partial charge in [0.1, 0.15) is 11.4 Å². The van der Waals surface area contributed by atoms with Crippen LogP contribution in [0.2, 0.25) is 10.0 Å². The fraction of sp³-hybridized carbons (Fsp3) is 0.316. The maximum atomic E-state index is 12.7. The molecule has 0 heterocycles. The minimum absolute atomic E-state index is 0.0535. The van der Waals surface area contributed by atoms with Crippen molar-refractivity contribution in [2.24, 2.45) is 0 Å². The summed E-state index contributed by atoms with van der Waals surface area (Å²) in [6.07, 6.45) is 2.52. The molecular formula is C19H17Cl3O7. The molecule has 0 N–H and O–H groups in total. The van der Waals surface area contributed by atoms with Gasteiger partial charge in [-0.1, -0.05) is 34.8 Å². The molecule has 0 radical (unpaired) electrons. The third kappa shape index (κ3) is 5.30. The second-order valence-electron chi connectivity index (χ2n) is 5.92. The normalized spacial score (nSPS) is 18.6. The molecule has 1 aliphatic carbocycles. The number of halogens is 3. The van der Waals surface area contributed by atoms with Gasteiger partial charge in [0.2, 0.25) is 5.78 Å². The van der Waals surface area contributed by atoms with Crippen LogP contribution in [0.4, 0.5) is 0 Å². The number of carbonyl (C=O) groups is 3. The Morgan fingerprint density at radius 1 is 0.966 bits per heavy atom. The first kappa shape index (κ1) is 23.2. The molecule has 1 aliphatic rings. The van der Waals surface area contributed by atoms with Gasteiger partial charge in [-0.25, -0.2) is 4.79 Å². The van der Waals surface area contributed by atoms with E-state index in [-0.39, 0.29) is 45.0 Å². The van der Waals surface area contributed by atoms with Crippen LogP contribution < -0.4 is 4.74 Å². The topological polar surface area (TPSA) is 88.1 Å². The summed E-state index contributed by atoms with van der Waals surface area (Å²) in [5.74, 6) is -1.50. The summed E-state index contributed by atoms with van der Waals surface area (Å²) >= 11 is 18.8. The van der Waals surface area contributed by atoms with Gasteiger partial charge < -0.3 is 18.9 Å². The molecule has 0 bridgehead atoms. The van der Waals surface area contributed by atoms with Crippen LogP contribution in [0, 0.1) is 0 Å². The molecule has 0 amide bonds. The maximum absolute atomic E-state index is 12.7. The third-order valence-electron chi connectivity index (χ3n) is 4.12. The van der Waals surface area contributed by atoms with Crippen molar-refractivity contribution in [1.29, 1.82) is 0 Å². The summed E-state index contributed by atoms with van der Waals surface area (Å²) in [6, 6.07) is 2.78. The van der Waals surface area contributed by atoms with E-state index in [0.29, 0.717) is 0 Å². The Morgan fingerprint density at radius 3 is 2.07 bits per heavy atom. The van der Waals surface area contributed by atoms with Crippen LogP contribution in [0.5, 0.6) is 5.75 Å². The highest BCUT2D eigenvalue weighted by Gasteiger charge is 2.37. The lowest BCUT2D eigenvalue weighted by Crippen LogP contribution is -2.34. The van der Waals surface area contributed by atoms with Crippen molar-refractivity contribution in [3.63, 3.8) is 0 Å². The smallest absolute Gasteiger partial charge is 0.343 e. The second-order valence-corrected chi connectivity index (χ2v) is 7.14. The van der Waals surface area contributed by atoms with Gasteiger partial charge in [-0.05, 0) is 24.3 Å². The first-order chi connectivity index (χ1) is 13.7. The lowest BCUT2D eigenvalue weighted by molar-refractivity contribution is -0.144. The van der Waals surface area contributed by atoms with E-state index in [1.807, 2.05) is 0 Å². The number of ether oxygens (including phenoxy) is 4. The van der Waals surface area contributed by atoms with Gasteiger partial charge in [0.15, 0.2) is 6.61 Å². The zero-order chi connectivity index (χ0) is 21.8. The van der Waals surface area contributed by atoms with E-state index in [9.17, 15) is 14.4 Å². The van der Waals surface area contributed by atoms with Gasteiger partial charge in [0.25, 0.3) is 0 Å². The highest BCUT2D eigenvalue weighted by atomic mass is 35.5. The zero-order valence-electron chi connectivity index (χ0n) is 15.7. The van der Waals surface area contributed by atoms with E-state index in [2.05, 4.69) is 9.47 Å². The summed E-state index contributed by atoms with van der Waals surface area (Å²) < 4.78 is 19.9. The molecule has 0 saturated heterocycles. The van der Waals surface area contributed by atoms with Crippen LogP contribution in [-0.4, -0.2) is 51.3 Å². The van der Waals surface area contributed by atoms with E-state index in [1.165, 1.54) is 45.6 Å². The zero-order valence-corrected chi connectivity index (χ0v) is 18.0. The van der Waals surface area contributed by atoms with Crippen LogP contribution in [0.25, 0.3) is 5.57 Å². The number of esters is 2. The summed E-state index contributed by atoms with van der Waals surface area (Å²) in [5.41, 5.74) is -1.08. The molecule has 1 aromatic rings. The van der Waals surface area contributed by atoms with E-state index in [0.717, 1.165) is 0 Å². The Morgan fingerprint density at radius 2 is 1.55 bits per heavy atom. The standard InChI is InChI=1S/C19H17Cl3O7/c1-26-15(23)8-19(28-3)6-11(18(25)14(22)7-19)17-12(20)4-10(5-13(17)21)29-9-16(24)27-2/h4-7H,8-9H2,1-3H3. The van der Waals surface area contributed by atoms with Crippen molar-refractivity contribution in [2.45, 2.75) is 12.0 Å². The molecule has 29 heavy (non-hydrogen) atoms. The number of carbonyl (C=O) groups excluding carboxylic acids is 3. The molecule has 0 fully saturated rings. The van der Waals surface area contributed by atoms with E-state index in [1.54, 1.807) is 0 Å². The van der Waals surface area contributed by atoms with E-state index in [4.69, 9.17) is 44.3 Å². The van der Waals surface area contributed by atoms with Gasteiger partial charge in [-0.2, -0.15) is 0 Å². The fourth-order valence-electron chi connectivity index (χ4n) is 2.63. The van der Waals surface area contributed by atoms with E-state index >= 15 is 0 Å². The molecule has 10 heteroatoms. The molecule has 156 valence electrons. The number of methoxy groups -OCH3 is 3. The summed E-state index contributed by atoms with van der Waals surface area (Å²) in [5, 5.41) is -0.00999. The number of rotatable bonds is 7. The predicted octanol–water partition coefficient (Wildman–Crippen LogP) is 3.58. The van der Waals surface area contributed by atoms with Crippen LogP contribution in [0.3, 0.4) is 0 Å². The Hall–Kier alpha value is -2.06. The summed E-state index contributed by atoms with van der Waals surface area (Å²) in [4.78, 5) is 35.7. The summed E-state index contributed by atoms with van der Waals surface area (Å²) in [6.45, 7) is -0.343. The minimum atomic E-state index is -1.32. The van der Waals surface area contributed by atoms with Crippen molar-refractivity contribution >= 4 is 58.1 Å². The monoisotopic (exact) mass is 462 g/mol. The minimum Gasteiger partial charge on any atom is -0.482 e. The van der Waals surface area contributed by atoms with Crippen molar-refractivity contribution < 1.29 is 33.3 Å². The second kappa shape index (κ2) is 9.63. The van der Waals surface area contributed by atoms with Crippen LogP contribution in [0.15, 0.2) is 29.3 Å². The Kier molecular flexibility index (Phi) is 7.71. The molecule has 0 spiro atoms. The van der Waals surface area contributed by atoms with Crippen molar-refractivity contribution in [1.82, 2.24) is 0 Å². The first-order valence-corrected chi connectivity index (χ1v) is 9.26. The third-order valence-corrected chi connectivity index (χ3v) is 5.00. The van der Waals surface area contributed by atoms with Crippen LogP contribution in [-0.2, 0) is 28.6 Å². The molecule has 0 aliphatic heterocycles. The number of benzene rings is 1. The number of hydrogen-bond acceptors (Lipinski definition) is 7. The van der Waals surface area contributed by atoms with Crippen molar-refractivity contribution in [2.75, 3.05) is 27.9 Å². The quantitative estimate of drug-likeness (QED) is 0.571. The molecule has 0 aromatic heterocycles. The van der Waals surface area contributed by atoms with Crippen LogP contribution in [0.1, 0.15) is 12.0 Å². The molecule has 7 nitrogen and oxygen atoms in total. The molecule has 1 unspecified atom stereocenters.